The van der Waals surface area contributed by atoms with Crippen LogP contribution in [0.3, 0.4) is 0 Å². The van der Waals surface area contributed by atoms with Crippen molar-refractivity contribution in [1.29, 1.82) is 0 Å². The van der Waals surface area contributed by atoms with E-state index in [0.717, 1.165) is 24.0 Å². The molecule has 19 heavy (non-hydrogen) atoms. The molecule has 2 rings (SSSR count). The molecule has 0 fully saturated rings. The number of rotatable bonds is 4. The Morgan fingerprint density at radius 3 is 2.26 bits per heavy atom. The summed E-state index contributed by atoms with van der Waals surface area (Å²) < 4.78 is 0. The highest BCUT2D eigenvalue weighted by molar-refractivity contribution is 5.96. The molecule has 0 aliphatic rings. The van der Waals surface area contributed by atoms with Gasteiger partial charge in [-0.05, 0) is 30.0 Å². The van der Waals surface area contributed by atoms with Crippen LogP contribution in [0, 0.1) is 0 Å². The molecular weight excluding hydrogens is 232 g/mol. The summed E-state index contributed by atoms with van der Waals surface area (Å²) in [7, 11) is 0. The monoisotopic (exact) mass is 254 g/mol. The topological polar surface area (TPSA) is 17.1 Å². The quantitative estimate of drug-likeness (QED) is 0.690. The van der Waals surface area contributed by atoms with Crippen LogP contribution in [0.1, 0.15) is 43.6 Å². The molecule has 100 valence electrons. The lowest BCUT2D eigenvalue weighted by atomic mass is 9.95. The van der Waals surface area contributed by atoms with Gasteiger partial charge in [-0.2, -0.15) is 0 Å². The Labute approximate surface area is 116 Å². The molecule has 0 bridgehead atoms. The van der Waals surface area contributed by atoms with E-state index >= 15 is 0 Å². The summed E-state index contributed by atoms with van der Waals surface area (Å²) in [5.41, 5.74) is 4.40. The molecule has 0 amide bonds. The van der Waals surface area contributed by atoms with Gasteiger partial charge in [0.1, 0.15) is 0 Å². The van der Waals surface area contributed by atoms with Crippen LogP contribution in [-0.4, -0.2) is 5.78 Å². The fraction of sp³-hybridized carbons (Fsp3) is 0.278. The van der Waals surface area contributed by atoms with E-state index in [1.807, 2.05) is 30.3 Å². The SMILES string of the molecule is C.CCCc1cc(-c2ccccc2)ccc1C(C)=O. The average molecular weight is 254 g/mol. The first-order valence-electron chi connectivity index (χ1n) is 6.41. The van der Waals surface area contributed by atoms with E-state index in [9.17, 15) is 4.79 Å². The molecule has 0 aromatic heterocycles. The van der Waals surface area contributed by atoms with Crippen LogP contribution >= 0.6 is 0 Å². The number of carbonyl (C=O) groups is 1. The first kappa shape index (κ1) is 15.2. The lowest BCUT2D eigenvalue weighted by Crippen LogP contribution is -1.99. The molecule has 0 aliphatic heterocycles. The molecule has 0 saturated carbocycles. The molecule has 1 heteroatoms. The maximum Gasteiger partial charge on any atom is 0.160 e. The predicted octanol–water partition coefficient (Wildman–Crippen LogP) is 5.14. The minimum atomic E-state index is 0. The van der Waals surface area contributed by atoms with Crippen molar-refractivity contribution in [1.82, 2.24) is 0 Å². The first-order valence-corrected chi connectivity index (χ1v) is 6.41. The van der Waals surface area contributed by atoms with Crippen molar-refractivity contribution in [2.45, 2.75) is 34.1 Å². The summed E-state index contributed by atoms with van der Waals surface area (Å²) in [5.74, 6) is 0.151. The van der Waals surface area contributed by atoms with Gasteiger partial charge in [0.2, 0.25) is 0 Å². The fourth-order valence-electron chi connectivity index (χ4n) is 2.22. The van der Waals surface area contributed by atoms with Crippen LogP contribution in [0.25, 0.3) is 11.1 Å². The van der Waals surface area contributed by atoms with Crippen LogP contribution in [0.5, 0.6) is 0 Å². The normalized spacial score (nSPS) is 9.79. The van der Waals surface area contributed by atoms with E-state index in [-0.39, 0.29) is 13.2 Å². The number of Topliss-reactive ketones (excluding diaryl/α,β-unsaturated/α-hetero) is 1. The van der Waals surface area contributed by atoms with Gasteiger partial charge in [-0.15, -0.1) is 0 Å². The predicted molar refractivity (Wildman–Crippen MR) is 82.6 cm³/mol. The van der Waals surface area contributed by atoms with Gasteiger partial charge in [0, 0.05) is 5.56 Å². The number of aryl methyl sites for hydroxylation is 1. The molecule has 0 saturated heterocycles. The van der Waals surface area contributed by atoms with Crippen molar-refractivity contribution in [2.75, 3.05) is 0 Å². The molecule has 0 heterocycles. The van der Waals surface area contributed by atoms with Gasteiger partial charge < -0.3 is 0 Å². The largest absolute Gasteiger partial charge is 0.295 e. The second-order valence-electron chi connectivity index (χ2n) is 4.54. The Balaban J connectivity index is 0.00000180. The zero-order chi connectivity index (χ0) is 13.0. The molecule has 0 radical (unpaired) electrons. The second-order valence-corrected chi connectivity index (χ2v) is 4.54. The van der Waals surface area contributed by atoms with Gasteiger partial charge in [-0.25, -0.2) is 0 Å². The van der Waals surface area contributed by atoms with Gasteiger partial charge >= 0.3 is 0 Å². The summed E-state index contributed by atoms with van der Waals surface area (Å²) in [6.07, 6.45) is 2.01. The molecular formula is C18H22O. The van der Waals surface area contributed by atoms with Crippen molar-refractivity contribution in [2.24, 2.45) is 0 Å². The van der Waals surface area contributed by atoms with Gasteiger partial charge in [0.15, 0.2) is 5.78 Å². The molecule has 0 N–H and O–H groups in total. The van der Waals surface area contributed by atoms with Gasteiger partial charge in [-0.3, -0.25) is 4.79 Å². The minimum absolute atomic E-state index is 0. The highest BCUT2D eigenvalue weighted by Crippen LogP contribution is 2.23. The van der Waals surface area contributed by atoms with Gasteiger partial charge in [0.05, 0.1) is 0 Å². The second kappa shape index (κ2) is 6.89. The molecule has 2 aromatic carbocycles. The fourth-order valence-corrected chi connectivity index (χ4v) is 2.22. The first-order chi connectivity index (χ1) is 8.72. The van der Waals surface area contributed by atoms with Crippen LogP contribution in [0.2, 0.25) is 0 Å². The molecule has 0 unspecified atom stereocenters. The van der Waals surface area contributed by atoms with Crippen LogP contribution in [-0.2, 0) is 6.42 Å². The summed E-state index contributed by atoms with van der Waals surface area (Å²) in [6.45, 7) is 3.77. The maximum absolute atomic E-state index is 11.6. The lowest BCUT2D eigenvalue weighted by Gasteiger charge is -2.09. The number of hydrogen-bond donors (Lipinski definition) is 0. The Morgan fingerprint density at radius 2 is 1.68 bits per heavy atom. The Kier molecular flexibility index (Phi) is 5.50. The number of benzene rings is 2. The lowest BCUT2D eigenvalue weighted by molar-refractivity contribution is 0.101. The minimum Gasteiger partial charge on any atom is -0.295 e. The average Bonchev–Trinajstić information content (AvgIpc) is 2.40. The van der Waals surface area contributed by atoms with Crippen LogP contribution in [0.15, 0.2) is 48.5 Å². The van der Waals surface area contributed by atoms with E-state index in [1.54, 1.807) is 6.92 Å². The van der Waals surface area contributed by atoms with E-state index in [2.05, 4.69) is 25.1 Å². The smallest absolute Gasteiger partial charge is 0.160 e. The Bertz CT molecular complexity index is 541. The summed E-state index contributed by atoms with van der Waals surface area (Å²) >= 11 is 0. The number of carbonyl (C=O) groups excluding carboxylic acids is 1. The van der Waals surface area contributed by atoms with E-state index in [0.29, 0.717) is 0 Å². The third-order valence-electron chi connectivity index (χ3n) is 3.11. The van der Waals surface area contributed by atoms with Crippen molar-refractivity contribution >= 4 is 5.78 Å². The van der Waals surface area contributed by atoms with Gasteiger partial charge in [0.25, 0.3) is 0 Å². The summed E-state index contributed by atoms with van der Waals surface area (Å²) in [4.78, 5) is 11.6. The van der Waals surface area contributed by atoms with Crippen molar-refractivity contribution in [3.05, 3.63) is 59.7 Å². The molecule has 1 nitrogen and oxygen atoms in total. The van der Waals surface area contributed by atoms with E-state index in [1.165, 1.54) is 11.1 Å². The van der Waals surface area contributed by atoms with Gasteiger partial charge in [-0.1, -0.05) is 69.3 Å². The van der Waals surface area contributed by atoms with E-state index in [4.69, 9.17) is 0 Å². The summed E-state index contributed by atoms with van der Waals surface area (Å²) in [5, 5.41) is 0. The third kappa shape index (κ3) is 3.54. The van der Waals surface area contributed by atoms with Crippen molar-refractivity contribution < 1.29 is 4.79 Å². The zero-order valence-corrected chi connectivity index (χ0v) is 10.9. The Morgan fingerprint density at radius 1 is 1.00 bits per heavy atom. The standard InChI is InChI=1S/C17H18O.CH4/c1-3-7-16-12-15(10-11-17(16)13(2)18)14-8-5-4-6-9-14;/h4-6,8-12H,3,7H2,1-2H3;1H4. The van der Waals surface area contributed by atoms with Crippen LogP contribution in [0.4, 0.5) is 0 Å². The van der Waals surface area contributed by atoms with E-state index < -0.39 is 0 Å². The molecule has 0 spiro atoms. The molecule has 2 aromatic rings. The Hall–Kier alpha value is -1.89. The maximum atomic E-state index is 11.6. The highest BCUT2D eigenvalue weighted by atomic mass is 16.1. The summed E-state index contributed by atoms with van der Waals surface area (Å²) in [6, 6.07) is 16.4. The molecule has 0 aliphatic carbocycles. The third-order valence-corrected chi connectivity index (χ3v) is 3.11. The van der Waals surface area contributed by atoms with Crippen LogP contribution < -0.4 is 0 Å². The molecule has 0 atom stereocenters. The number of ketones is 1. The van der Waals surface area contributed by atoms with Crippen molar-refractivity contribution in [3.63, 3.8) is 0 Å². The number of hydrogen-bond acceptors (Lipinski definition) is 1. The zero-order valence-electron chi connectivity index (χ0n) is 10.9. The highest BCUT2D eigenvalue weighted by Gasteiger charge is 2.08. The van der Waals surface area contributed by atoms with Crippen molar-refractivity contribution in [3.8, 4) is 11.1 Å².